The molecule has 5 heteroatoms. The first-order valence-electron chi connectivity index (χ1n) is 4.81. The van der Waals surface area contributed by atoms with Gasteiger partial charge in [0.15, 0.2) is 0 Å². The van der Waals surface area contributed by atoms with Crippen molar-refractivity contribution in [2.75, 3.05) is 13.1 Å². The molecule has 0 aliphatic carbocycles. The van der Waals surface area contributed by atoms with Crippen LogP contribution in [-0.2, 0) is 6.18 Å². The van der Waals surface area contributed by atoms with Gasteiger partial charge >= 0.3 is 6.18 Å². The molecule has 1 aromatic heterocycles. The van der Waals surface area contributed by atoms with Crippen molar-refractivity contribution in [1.29, 1.82) is 0 Å². The quantitative estimate of drug-likeness (QED) is 0.778. The minimum absolute atomic E-state index is 0.189. The van der Waals surface area contributed by atoms with E-state index in [1.165, 1.54) is 6.20 Å². The van der Waals surface area contributed by atoms with Gasteiger partial charge in [-0.15, -0.1) is 0 Å². The zero-order valence-corrected chi connectivity index (χ0v) is 8.01. The molecule has 0 radical (unpaired) electrons. The van der Waals surface area contributed by atoms with E-state index < -0.39 is 11.9 Å². The molecule has 82 valence electrons. The minimum Gasteiger partial charge on any atom is -0.316 e. The van der Waals surface area contributed by atoms with Crippen LogP contribution in [0.4, 0.5) is 13.2 Å². The fraction of sp³-hybridized carbons (Fsp3) is 0.500. The zero-order chi connectivity index (χ0) is 10.9. The van der Waals surface area contributed by atoms with Gasteiger partial charge in [0.05, 0.1) is 0 Å². The van der Waals surface area contributed by atoms with E-state index in [1.807, 2.05) is 0 Å². The number of hydrogen-bond acceptors (Lipinski definition) is 2. The van der Waals surface area contributed by atoms with Crippen LogP contribution in [0.2, 0.25) is 0 Å². The molecule has 1 N–H and O–H groups in total. The number of rotatable bonds is 1. The highest BCUT2D eigenvalue weighted by molar-refractivity contribution is 5.23. The molecule has 1 aliphatic rings. The van der Waals surface area contributed by atoms with Crippen LogP contribution >= 0.6 is 0 Å². The van der Waals surface area contributed by atoms with Gasteiger partial charge in [-0.2, -0.15) is 13.2 Å². The molecule has 1 saturated heterocycles. The Bertz CT molecular complexity index is 343. The van der Waals surface area contributed by atoms with Gasteiger partial charge in [-0.05, 0) is 36.6 Å². The molecule has 2 nitrogen and oxygen atoms in total. The van der Waals surface area contributed by atoms with E-state index in [-0.39, 0.29) is 5.92 Å². The van der Waals surface area contributed by atoms with Crippen molar-refractivity contribution in [2.24, 2.45) is 0 Å². The Morgan fingerprint density at radius 2 is 2.20 bits per heavy atom. The number of pyridine rings is 1. The lowest BCUT2D eigenvalue weighted by Crippen LogP contribution is -2.11. The van der Waals surface area contributed by atoms with Crippen molar-refractivity contribution in [2.45, 2.75) is 18.5 Å². The van der Waals surface area contributed by atoms with Crippen LogP contribution in [0.25, 0.3) is 0 Å². The summed E-state index contributed by atoms with van der Waals surface area (Å²) in [4.78, 5) is 3.34. The Morgan fingerprint density at radius 3 is 2.80 bits per heavy atom. The van der Waals surface area contributed by atoms with Crippen molar-refractivity contribution in [3.8, 4) is 0 Å². The second kappa shape index (κ2) is 3.81. The zero-order valence-electron chi connectivity index (χ0n) is 8.01. The van der Waals surface area contributed by atoms with Crippen molar-refractivity contribution in [1.82, 2.24) is 10.3 Å². The predicted octanol–water partition coefficient (Wildman–Crippen LogP) is 2.18. The van der Waals surface area contributed by atoms with E-state index in [4.69, 9.17) is 0 Å². The van der Waals surface area contributed by atoms with Crippen LogP contribution in [0.1, 0.15) is 23.6 Å². The maximum absolute atomic E-state index is 12.4. The summed E-state index contributed by atoms with van der Waals surface area (Å²) in [6.45, 7) is 1.62. The monoisotopic (exact) mass is 216 g/mol. The molecular formula is C10H11F3N2. The summed E-state index contributed by atoms with van der Waals surface area (Å²) in [5.74, 6) is 0.189. The van der Waals surface area contributed by atoms with Gasteiger partial charge in [0.2, 0.25) is 0 Å². The standard InChI is InChI=1S/C10H11F3N2/c11-10(12,13)9-5-7(2-4-15-9)8-1-3-14-6-8/h2,4-5,8,14H,1,3,6H2. The lowest BCUT2D eigenvalue weighted by molar-refractivity contribution is -0.141. The molecule has 1 atom stereocenters. The average molecular weight is 216 g/mol. The van der Waals surface area contributed by atoms with Gasteiger partial charge in [0.25, 0.3) is 0 Å². The summed E-state index contributed by atoms with van der Waals surface area (Å²) < 4.78 is 37.1. The first kappa shape index (κ1) is 10.4. The first-order chi connectivity index (χ1) is 7.07. The van der Waals surface area contributed by atoms with E-state index in [2.05, 4.69) is 10.3 Å². The fourth-order valence-electron chi connectivity index (χ4n) is 1.80. The lowest BCUT2D eigenvalue weighted by Gasteiger charge is -2.11. The molecule has 2 rings (SSSR count). The van der Waals surface area contributed by atoms with Crippen molar-refractivity contribution in [3.05, 3.63) is 29.6 Å². The minimum atomic E-state index is -4.35. The molecule has 0 bridgehead atoms. The second-order valence-corrected chi connectivity index (χ2v) is 3.66. The molecule has 0 saturated carbocycles. The molecule has 0 amide bonds. The Kier molecular flexibility index (Phi) is 2.65. The Morgan fingerprint density at radius 1 is 1.40 bits per heavy atom. The highest BCUT2D eigenvalue weighted by Crippen LogP contribution is 2.30. The Hall–Kier alpha value is -1.10. The highest BCUT2D eigenvalue weighted by Gasteiger charge is 2.33. The van der Waals surface area contributed by atoms with Crippen molar-refractivity contribution >= 4 is 0 Å². The lowest BCUT2D eigenvalue weighted by atomic mass is 9.99. The Balaban J connectivity index is 2.26. The molecule has 1 aliphatic heterocycles. The number of nitrogens with zero attached hydrogens (tertiary/aromatic N) is 1. The Labute approximate surface area is 85.5 Å². The van der Waals surface area contributed by atoms with Gasteiger partial charge < -0.3 is 5.32 Å². The molecule has 0 aromatic carbocycles. The van der Waals surface area contributed by atoms with Crippen LogP contribution in [0.15, 0.2) is 18.3 Å². The molecule has 0 spiro atoms. The van der Waals surface area contributed by atoms with E-state index in [0.717, 1.165) is 31.1 Å². The number of aromatic nitrogens is 1. The smallest absolute Gasteiger partial charge is 0.316 e. The maximum Gasteiger partial charge on any atom is 0.433 e. The SMILES string of the molecule is FC(F)(F)c1cc(C2CCNC2)ccn1. The largest absolute Gasteiger partial charge is 0.433 e. The van der Waals surface area contributed by atoms with E-state index in [1.54, 1.807) is 6.07 Å². The third-order valence-electron chi connectivity index (χ3n) is 2.61. The number of hydrogen-bond donors (Lipinski definition) is 1. The number of halogens is 3. The van der Waals surface area contributed by atoms with Gasteiger partial charge in [-0.1, -0.05) is 0 Å². The average Bonchev–Trinajstić information content (AvgIpc) is 2.69. The van der Waals surface area contributed by atoms with Gasteiger partial charge in [0, 0.05) is 12.7 Å². The topological polar surface area (TPSA) is 24.9 Å². The highest BCUT2D eigenvalue weighted by atomic mass is 19.4. The fourth-order valence-corrected chi connectivity index (χ4v) is 1.80. The van der Waals surface area contributed by atoms with Gasteiger partial charge in [-0.25, -0.2) is 0 Å². The normalized spacial score (nSPS) is 21.9. The molecule has 1 fully saturated rings. The molecule has 2 heterocycles. The molecule has 1 aromatic rings. The van der Waals surface area contributed by atoms with Crippen molar-refractivity contribution in [3.63, 3.8) is 0 Å². The van der Waals surface area contributed by atoms with Crippen molar-refractivity contribution < 1.29 is 13.2 Å². The van der Waals surface area contributed by atoms with E-state index in [0.29, 0.717) is 0 Å². The van der Waals surface area contributed by atoms with Crippen LogP contribution in [0.3, 0.4) is 0 Å². The first-order valence-corrected chi connectivity index (χ1v) is 4.81. The van der Waals surface area contributed by atoms with Crippen LogP contribution in [0, 0.1) is 0 Å². The molecular weight excluding hydrogens is 205 g/mol. The predicted molar refractivity (Wildman–Crippen MR) is 49.5 cm³/mol. The number of alkyl halides is 3. The maximum atomic E-state index is 12.4. The summed E-state index contributed by atoms with van der Waals surface area (Å²) >= 11 is 0. The molecule has 1 unspecified atom stereocenters. The summed E-state index contributed by atoms with van der Waals surface area (Å²) in [7, 11) is 0. The summed E-state index contributed by atoms with van der Waals surface area (Å²) in [6, 6.07) is 2.81. The van der Waals surface area contributed by atoms with Gasteiger partial charge in [0.1, 0.15) is 5.69 Å². The summed E-state index contributed by atoms with van der Waals surface area (Å²) in [5.41, 5.74) is -0.0748. The molecule has 15 heavy (non-hydrogen) atoms. The number of nitrogens with one attached hydrogen (secondary N) is 1. The van der Waals surface area contributed by atoms with Crippen LogP contribution in [0.5, 0.6) is 0 Å². The second-order valence-electron chi connectivity index (χ2n) is 3.66. The van der Waals surface area contributed by atoms with E-state index >= 15 is 0 Å². The van der Waals surface area contributed by atoms with Crippen LogP contribution in [-0.4, -0.2) is 18.1 Å². The third kappa shape index (κ3) is 2.28. The summed E-state index contributed by atoms with van der Waals surface area (Å²) in [5, 5.41) is 3.13. The summed E-state index contributed by atoms with van der Waals surface area (Å²) in [6.07, 6.45) is -2.22. The third-order valence-corrected chi connectivity index (χ3v) is 2.61. The van der Waals surface area contributed by atoms with Crippen LogP contribution < -0.4 is 5.32 Å². The van der Waals surface area contributed by atoms with Gasteiger partial charge in [-0.3, -0.25) is 4.98 Å². The van der Waals surface area contributed by atoms with E-state index in [9.17, 15) is 13.2 Å².